The van der Waals surface area contributed by atoms with E-state index >= 15 is 0 Å². The summed E-state index contributed by atoms with van der Waals surface area (Å²) in [4.78, 5) is 17.0. The molecule has 4 aromatic rings. The number of fused-ring (bicyclic) bond motifs is 3. The molecule has 0 atom stereocenters. The highest BCUT2D eigenvalue weighted by atomic mass is 16.5. The Morgan fingerprint density at radius 3 is 2.50 bits per heavy atom. The first-order chi connectivity index (χ1) is 11.8. The number of para-hydroxylation sites is 1. The van der Waals surface area contributed by atoms with E-state index in [1.165, 1.54) is 0 Å². The second-order valence-corrected chi connectivity index (χ2v) is 5.48. The maximum atomic E-state index is 12.3. The molecule has 0 saturated carbocycles. The third-order valence-corrected chi connectivity index (χ3v) is 4.01. The standard InChI is InChI=1S/C20H16N2O2/c1-2-24-20(23)18-17-13-12-14-8-6-7-11-16(14)22(17)19(21-18)15-9-4-3-5-10-15/h3-13H,2H2,1H3. The summed E-state index contributed by atoms with van der Waals surface area (Å²) < 4.78 is 7.21. The van der Waals surface area contributed by atoms with Gasteiger partial charge >= 0.3 is 5.97 Å². The van der Waals surface area contributed by atoms with Crippen molar-refractivity contribution < 1.29 is 9.53 Å². The fourth-order valence-electron chi connectivity index (χ4n) is 2.96. The van der Waals surface area contributed by atoms with Gasteiger partial charge in [-0.2, -0.15) is 0 Å². The van der Waals surface area contributed by atoms with Gasteiger partial charge in [0.15, 0.2) is 5.69 Å². The summed E-state index contributed by atoms with van der Waals surface area (Å²) in [6, 6.07) is 21.9. The first-order valence-electron chi connectivity index (χ1n) is 7.92. The number of carbonyl (C=O) groups is 1. The Morgan fingerprint density at radius 1 is 0.958 bits per heavy atom. The van der Waals surface area contributed by atoms with Gasteiger partial charge in [-0.15, -0.1) is 0 Å². The molecule has 2 aromatic heterocycles. The number of imidazole rings is 1. The molecule has 4 heteroatoms. The smallest absolute Gasteiger partial charge is 0.359 e. The lowest BCUT2D eigenvalue weighted by molar-refractivity contribution is 0.0522. The zero-order chi connectivity index (χ0) is 16.5. The number of nitrogens with zero attached hydrogens (tertiary/aromatic N) is 2. The van der Waals surface area contributed by atoms with Gasteiger partial charge in [0, 0.05) is 5.56 Å². The van der Waals surface area contributed by atoms with Gasteiger partial charge < -0.3 is 4.74 Å². The van der Waals surface area contributed by atoms with Crippen molar-refractivity contribution in [1.29, 1.82) is 0 Å². The highest BCUT2D eigenvalue weighted by molar-refractivity contribution is 5.99. The summed E-state index contributed by atoms with van der Waals surface area (Å²) in [6.45, 7) is 2.12. The molecule has 0 aliphatic heterocycles. The van der Waals surface area contributed by atoms with Crippen LogP contribution in [0.1, 0.15) is 17.4 Å². The third-order valence-electron chi connectivity index (χ3n) is 4.01. The molecule has 0 fully saturated rings. The lowest BCUT2D eigenvalue weighted by atomic mass is 10.2. The Morgan fingerprint density at radius 2 is 1.71 bits per heavy atom. The van der Waals surface area contributed by atoms with Crippen molar-refractivity contribution in [3.63, 3.8) is 0 Å². The van der Waals surface area contributed by atoms with Gasteiger partial charge in [0.05, 0.1) is 17.6 Å². The number of esters is 1. The van der Waals surface area contributed by atoms with Crippen molar-refractivity contribution in [2.45, 2.75) is 6.92 Å². The molecule has 0 spiro atoms. The molecule has 0 unspecified atom stereocenters. The van der Waals surface area contributed by atoms with Crippen LogP contribution in [0.3, 0.4) is 0 Å². The van der Waals surface area contributed by atoms with E-state index in [-0.39, 0.29) is 0 Å². The Labute approximate surface area is 139 Å². The summed E-state index contributed by atoms with van der Waals surface area (Å²) in [5, 5.41) is 1.09. The van der Waals surface area contributed by atoms with Crippen LogP contribution in [0.15, 0.2) is 66.7 Å². The first-order valence-corrected chi connectivity index (χ1v) is 7.92. The zero-order valence-corrected chi connectivity index (χ0v) is 13.3. The molecule has 0 aliphatic carbocycles. The molecular formula is C20H16N2O2. The van der Waals surface area contributed by atoms with Crippen LogP contribution in [0, 0.1) is 0 Å². The number of hydrogen-bond acceptors (Lipinski definition) is 3. The van der Waals surface area contributed by atoms with Crippen LogP contribution in [0.4, 0.5) is 0 Å². The number of pyridine rings is 1. The fraction of sp³-hybridized carbons (Fsp3) is 0.100. The molecule has 2 aromatic carbocycles. The summed E-state index contributed by atoms with van der Waals surface area (Å²) in [6.07, 6.45) is 0. The lowest BCUT2D eigenvalue weighted by Gasteiger charge is -2.06. The molecule has 0 saturated heterocycles. The van der Waals surface area contributed by atoms with E-state index in [2.05, 4.69) is 4.98 Å². The van der Waals surface area contributed by atoms with Gasteiger partial charge in [-0.05, 0) is 24.4 Å². The molecule has 0 N–H and O–H groups in total. The van der Waals surface area contributed by atoms with E-state index in [4.69, 9.17) is 4.74 Å². The number of ether oxygens (including phenoxy) is 1. The highest BCUT2D eigenvalue weighted by Gasteiger charge is 2.20. The van der Waals surface area contributed by atoms with Crippen molar-refractivity contribution >= 4 is 22.4 Å². The molecule has 0 radical (unpaired) electrons. The summed E-state index contributed by atoms with van der Waals surface area (Å²) >= 11 is 0. The predicted octanol–water partition coefficient (Wildman–Crippen LogP) is 4.33. The van der Waals surface area contributed by atoms with Gasteiger partial charge in [-0.3, -0.25) is 4.40 Å². The lowest BCUT2D eigenvalue weighted by Crippen LogP contribution is -2.05. The van der Waals surface area contributed by atoms with Crippen LogP contribution in [-0.2, 0) is 4.74 Å². The van der Waals surface area contributed by atoms with Gasteiger partial charge in [-0.1, -0.05) is 54.6 Å². The van der Waals surface area contributed by atoms with E-state index in [9.17, 15) is 4.79 Å². The van der Waals surface area contributed by atoms with Crippen molar-refractivity contribution in [3.8, 4) is 11.4 Å². The molecular weight excluding hydrogens is 300 g/mol. The normalized spacial score (nSPS) is 11.0. The predicted molar refractivity (Wildman–Crippen MR) is 94.1 cm³/mol. The van der Waals surface area contributed by atoms with Gasteiger partial charge in [0.2, 0.25) is 0 Å². The minimum absolute atomic E-state index is 0.326. The zero-order valence-electron chi connectivity index (χ0n) is 13.3. The molecule has 4 rings (SSSR count). The Kier molecular flexibility index (Phi) is 3.50. The molecule has 0 bridgehead atoms. The molecule has 0 aliphatic rings. The van der Waals surface area contributed by atoms with Crippen molar-refractivity contribution in [3.05, 3.63) is 72.4 Å². The topological polar surface area (TPSA) is 43.6 Å². The van der Waals surface area contributed by atoms with Gasteiger partial charge in [0.1, 0.15) is 5.82 Å². The van der Waals surface area contributed by atoms with Crippen LogP contribution in [-0.4, -0.2) is 22.0 Å². The van der Waals surface area contributed by atoms with Crippen LogP contribution < -0.4 is 0 Å². The van der Waals surface area contributed by atoms with Gasteiger partial charge in [-0.25, -0.2) is 9.78 Å². The van der Waals surface area contributed by atoms with E-state index in [1.807, 2.05) is 71.1 Å². The van der Waals surface area contributed by atoms with Crippen molar-refractivity contribution in [2.75, 3.05) is 6.61 Å². The third kappa shape index (κ3) is 2.24. The number of benzene rings is 2. The maximum Gasteiger partial charge on any atom is 0.359 e. The van der Waals surface area contributed by atoms with Crippen LogP contribution in [0.5, 0.6) is 0 Å². The fourth-order valence-corrected chi connectivity index (χ4v) is 2.96. The summed E-state index contributed by atoms with van der Waals surface area (Å²) in [7, 11) is 0. The van der Waals surface area contributed by atoms with Crippen LogP contribution in [0.2, 0.25) is 0 Å². The van der Waals surface area contributed by atoms with E-state index in [0.29, 0.717) is 12.3 Å². The molecule has 4 nitrogen and oxygen atoms in total. The molecule has 2 heterocycles. The second-order valence-electron chi connectivity index (χ2n) is 5.48. The maximum absolute atomic E-state index is 12.3. The quantitative estimate of drug-likeness (QED) is 0.528. The minimum atomic E-state index is -0.396. The van der Waals surface area contributed by atoms with Crippen LogP contribution >= 0.6 is 0 Å². The molecule has 0 amide bonds. The minimum Gasteiger partial charge on any atom is -0.461 e. The van der Waals surface area contributed by atoms with E-state index in [0.717, 1.165) is 27.8 Å². The second kappa shape index (κ2) is 5.81. The highest BCUT2D eigenvalue weighted by Crippen LogP contribution is 2.28. The van der Waals surface area contributed by atoms with Gasteiger partial charge in [0.25, 0.3) is 0 Å². The Bertz CT molecular complexity index is 1040. The number of rotatable bonds is 3. The average Bonchev–Trinajstić information content (AvgIpc) is 3.03. The average molecular weight is 316 g/mol. The van der Waals surface area contributed by atoms with E-state index < -0.39 is 5.97 Å². The number of carbonyl (C=O) groups excluding carboxylic acids is 1. The number of hydrogen-bond donors (Lipinski definition) is 0. The largest absolute Gasteiger partial charge is 0.461 e. The SMILES string of the molecule is CCOC(=O)c1nc(-c2ccccc2)n2c1ccc1ccccc12. The molecule has 118 valence electrons. The summed E-state index contributed by atoms with van der Waals surface area (Å²) in [5.41, 5.74) is 3.07. The van der Waals surface area contributed by atoms with Crippen molar-refractivity contribution in [1.82, 2.24) is 9.38 Å². The van der Waals surface area contributed by atoms with Crippen LogP contribution in [0.25, 0.3) is 27.8 Å². The Balaban J connectivity index is 2.10. The number of aromatic nitrogens is 2. The summed E-state index contributed by atoms with van der Waals surface area (Å²) in [5.74, 6) is 0.345. The van der Waals surface area contributed by atoms with Crippen molar-refractivity contribution in [2.24, 2.45) is 0 Å². The molecule has 24 heavy (non-hydrogen) atoms. The Hall–Kier alpha value is -3.14. The first kappa shape index (κ1) is 14.5. The van der Waals surface area contributed by atoms with E-state index in [1.54, 1.807) is 6.92 Å². The monoisotopic (exact) mass is 316 g/mol.